The van der Waals surface area contributed by atoms with Crippen molar-refractivity contribution in [2.45, 2.75) is 46.0 Å². The van der Waals surface area contributed by atoms with E-state index in [4.69, 9.17) is 4.42 Å². The molecule has 0 fully saturated rings. The van der Waals surface area contributed by atoms with Gasteiger partial charge in [-0.25, -0.2) is 4.79 Å². The van der Waals surface area contributed by atoms with Gasteiger partial charge in [-0.2, -0.15) is 0 Å². The van der Waals surface area contributed by atoms with E-state index in [1.165, 1.54) is 11.1 Å². The number of rotatable bonds is 2. The van der Waals surface area contributed by atoms with Crippen molar-refractivity contribution < 1.29 is 4.42 Å². The molecule has 0 unspecified atom stereocenters. The molecule has 0 bridgehead atoms. The van der Waals surface area contributed by atoms with Crippen molar-refractivity contribution in [2.75, 3.05) is 0 Å². The average molecular weight is 320 g/mol. The molecule has 0 aromatic heterocycles. The number of fused-ring (bicyclic) bond motifs is 1. The van der Waals surface area contributed by atoms with Crippen molar-refractivity contribution in [3.8, 4) is 22.5 Å². The van der Waals surface area contributed by atoms with Crippen molar-refractivity contribution in [3.05, 3.63) is 70.1 Å². The van der Waals surface area contributed by atoms with Gasteiger partial charge < -0.3 is 4.42 Å². The first kappa shape index (κ1) is 16.5. The molecule has 1 aliphatic heterocycles. The fraction of sp³-hybridized carbons (Fsp3) is 0.318. The van der Waals surface area contributed by atoms with Crippen LogP contribution in [-0.4, -0.2) is 0 Å². The maximum Gasteiger partial charge on any atom is 0.336 e. The lowest BCUT2D eigenvalue weighted by Gasteiger charge is -2.19. The van der Waals surface area contributed by atoms with Gasteiger partial charge in [0.25, 0.3) is 0 Å². The molecule has 124 valence electrons. The Morgan fingerprint density at radius 1 is 0.875 bits per heavy atom. The van der Waals surface area contributed by atoms with Crippen LogP contribution >= 0.6 is 0 Å². The van der Waals surface area contributed by atoms with E-state index in [0.717, 1.165) is 16.7 Å². The monoisotopic (exact) mass is 320 g/mol. The van der Waals surface area contributed by atoms with Crippen molar-refractivity contribution in [1.82, 2.24) is 0 Å². The molecular weight excluding hydrogens is 296 g/mol. The molecule has 1 aromatic rings. The Morgan fingerprint density at radius 3 is 2.12 bits per heavy atom. The van der Waals surface area contributed by atoms with Crippen molar-refractivity contribution in [1.29, 1.82) is 0 Å². The fourth-order valence-corrected chi connectivity index (χ4v) is 2.92. The highest BCUT2D eigenvalue weighted by atomic mass is 16.4. The van der Waals surface area contributed by atoms with Crippen LogP contribution in [0.3, 0.4) is 0 Å². The standard InChI is InChI=1S/C22H24O2/c1-14(2)16-8-11-19(21-17(12-16)13-20(23)24-21)15-6-9-18(10-7-15)22(3,4)5/h6-14H,1-5H3. The number of hydrogen-bond donors (Lipinski definition) is 0. The van der Waals surface area contributed by atoms with E-state index in [9.17, 15) is 4.79 Å². The Bertz CT molecular complexity index is 877. The van der Waals surface area contributed by atoms with Crippen molar-refractivity contribution in [2.24, 2.45) is 0 Å². The number of benzene rings is 1. The molecule has 0 radical (unpaired) electrons. The molecule has 0 saturated heterocycles. The second kappa shape index (κ2) is 5.94. The first-order valence-electron chi connectivity index (χ1n) is 8.44. The van der Waals surface area contributed by atoms with Crippen LogP contribution < -0.4 is 5.63 Å². The molecule has 0 amide bonds. The van der Waals surface area contributed by atoms with E-state index in [-0.39, 0.29) is 11.0 Å². The van der Waals surface area contributed by atoms with Gasteiger partial charge in [0.1, 0.15) is 5.76 Å². The SMILES string of the molecule is CC(C)c1ccc(-c2ccc(C(C)(C)C)cc2)c2oc(=O)cc-2c1. The Morgan fingerprint density at radius 2 is 1.54 bits per heavy atom. The lowest BCUT2D eigenvalue weighted by molar-refractivity contribution is 0.546. The maximum atomic E-state index is 11.8. The smallest absolute Gasteiger partial charge is 0.336 e. The number of furan rings is 1. The molecule has 3 rings (SSSR count). The van der Waals surface area contributed by atoms with Gasteiger partial charge in [-0.05, 0) is 34.1 Å². The minimum Gasteiger partial charge on any atom is -0.422 e. The van der Waals surface area contributed by atoms with Crippen LogP contribution in [0.1, 0.15) is 51.7 Å². The summed E-state index contributed by atoms with van der Waals surface area (Å²) < 4.78 is 5.49. The fourth-order valence-electron chi connectivity index (χ4n) is 2.92. The van der Waals surface area contributed by atoms with Gasteiger partial charge in [0, 0.05) is 17.2 Å². The molecule has 0 N–H and O–H groups in total. The quantitative estimate of drug-likeness (QED) is 0.594. The van der Waals surface area contributed by atoms with E-state index in [1.54, 1.807) is 6.07 Å². The zero-order chi connectivity index (χ0) is 17.5. The first-order chi connectivity index (χ1) is 11.3. The van der Waals surface area contributed by atoms with Crippen LogP contribution in [0.15, 0.2) is 57.7 Å². The minimum atomic E-state index is -0.293. The zero-order valence-electron chi connectivity index (χ0n) is 15.0. The summed E-state index contributed by atoms with van der Waals surface area (Å²) in [4.78, 5) is 11.8. The van der Waals surface area contributed by atoms with E-state index < -0.39 is 0 Å². The van der Waals surface area contributed by atoms with Gasteiger partial charge in [0.2, 0.25) is 0 Å². The molecule has 0 saturated carbocycles. The highest BCUT2D eigenvalue weighted by Gasteiger charge is 2.17. The third-order valence-electron chi connectivity index (χ3n) is 4.48. The highest BCUT2D eigenvalue weighted by molar-refractivity contribution is 5.80. The Labute approximate surface area is 143 Å². The average Bonchev–Trinajstić information content (AvgIpc) is 2.76. The Kier molecular flexibility index (Phi) is 4.08. The topological polar surface area (TPSA) is 30.2 Å². The number of hydrogen-bond acceptors (Lipinski definition) is 2. The van der Waals surface area contributed by atoms with Crippen LogP contribution in [0.4, 0.5) is 0 Å². The summed E-state index contributed by atoms with van der Waals surface area (Å²) in [5, 5.41) is 0. The molecular formula is C22H24O2. The third-order valence-corrected chi connectivity index (χ3v) is 4.48. The molecule has 0 spiro atoms. The van der Waals surface area contributed by atoms with E-state index >= 15 is 0 Å². The Balaban J connectivity index is 2.18. The second-order valence-electron chi connectivity index (χ2n) is 7.72. The molecule has 1 aliphatic carbocycles. The summed E-state index contributed by atoms with van der Waals surface area (Å²) >= 11 is 0. The van der Waals surface area contributed by atoms with Gasteiger partial charge in [-0.3, -0.25) is 0 Å². The molecule has 2 heteroatoms. The maximum absolute atomic E-state index is 11.8. The molecule has 0 atom stereocenters. The lowest BCUT2D eigenvalue weighted by Crippen LogP contribution is -2.10. The largest absolute Gasteiger partial charge is 0.422 e. The van der Waals surface area contributed by atoms with Gasteiger partial charge >= 0.3 is 5.63 Å². The summed E-state index contributed by atoms with van der Waals surface area (Å²) in [6.45, 7) is 10.9. The molecule has 1 heterocycles. The van der Waals surface area contributed by atoms with Crippen LogP contribution in [0.2, 0.25) is 0 Å². The van der Waals surface area contributed by atoms with Crippen molar-refractivity contribution >= 4 is 0 Å². The summed E-state index contributed by atoms with van der Waals surface area (Å²) in [6, 6.07) is 16.3. The van der Waals surface area contributed by atoms with Gasteiger partial charge in [0.05, 0.1) is 0 Å². The van der Waals surface area contributed by atoms with Gasteiger partial charge in [0.15, 0.2) is 0 Å². The van der Waals surface area contributed by atoms with E-state index in [1.807, 2.05) is 0 Å². The second-order valence-corrected chi connectivity index (χ2v) is 7.72. The highest BCUT2D eigenvalue weighted by Crippen LogP contribution is 2.35. The molecule has 2 aliphatic rings. The molecule has 1 aromatic carbocycles. The lowest BCUT2D eigenvalue weighted by atomic mass is 9.86. The van der Waals surface area contributed by atoms with Crippen LogP contribution in [0.25, 0.3) is 22.5 Å². The van der Waals surface area contributed by atoms with Crippen LogP contribution in [-0.2, 0) is 5.41 Å². The zero-order valence-corrected chi connectivity index (χ0v) is 15.0. The summed E-state index contributed by atoms with van der Waals surface area (Å²) in [5.41, 5.74) is 5.19. The summed E-state index contributed by atoms with van der Waals surface area (Å²) in [5.74, 6) is 1.05. The van der Waals surface area contributed by atoms with Crippen molar-refractivity contribution in [3.63, 3.8) is 0 Å². The Hall–Kier alpha value is -2.35. The minimum absolute atomic E-state index is 0.118. The normalized spacial score (nSPS) is 12.1. The predicted octanol–water partition coefficient (Wildman–Crippen LogP) is 5.83. The summed E-state index contributed by atoms with van der Waals surface area (Å²) in [7, 11) is 0. The first-order valence-corrected chi connectivity index (χ1v) is 8.44. The predicted molar refractivity (Wildman–Crippen MR) is 99.8 cm³/mol. The van der Waals surface area contributed by atoms with E-state index in [0.29, 0.717) is 11.7 Å². The molecule has 2 nitrogen and oxygen atoms in total. The van der Waals surface area contributed by atoms with Gasteiger partial charge in [-0.15, -0.1) is 0 Å². The van der Waals surface area contributed by atoms with Crippen LogP contribution in [0.5, 0.6) is 0 Å². The van der Waals surface area contributed by atoms with Crippen LogP contribution in [0, 0.1) is 0 Å². The third kappa shape index (κ3) is 3.14. The summed E-state index contributed by atoms with van der Waals surface area (Å²) in [6.07, 6.45) is 0. The van der Waals surface area contributed by atoms with Gasteiger partial charge in [-0.1, -0.05) is 71.0 Å². The van der Waals surface area contributed by atoms with E-state index in [2.05, 4.69) is 77.1 Å². The molecule has 24 heavy (non-hydrogen) atoms.